The molecule has 190 valence electrons. The summed E-state index contributed by atoms with van der Waals surface area (Å²) in [6, 6.07) is 2.15. The molecule has 2 aliphatic heterocycles. The van der Waals surface area contributed by atoms with E-state index in [1.807, 2.05) is 20.8 Å². The van der Waals surface area contributed by atoms with Crippen molar-refractivity contribution in [1.82, 2.24) is 20.0 Å². The molecule has 0 aliphatic carbocycles. The molecule has 7 nitrogen and oxygen atoms in total. The van der Waals surface area contributed by atoms with Crippen LogP contribution in [0.3, 0.4) is 0 Å². The Balaban J connectivity index is 2.13. The fraction of sp³-hybridized carbons (Fsp3) is 0.480. The number of likely N-dealkylation sites (N-methyl/N-ethyl adjacent to an activating group) is 1. The molecular weight excluding hydrogens is 461 g/mol. The van der Waals surface area contributed by atoms with E-state index in [0.717, 1.165) is 6.07 Å². The van der Waals surface area contributed by atoms with E-state index >= 15 is 0 Å². The zero-order valence-corrected chi connectivity index (χ0v) is 20.4. The predicted molar refractivity (Wildman–Crippen MR) is 125 cm³/mol. The van der Waals surface area contributed by atoms with Gasteiger partial charge in [0.2, 0.25) is 5.91 Å². The highest BCUT2D eigenvalue weighted by Crippen LogP contribution is 2.42. The van der Waals surface area contributed by atoms with Gasteiger partial charge in [-0.2, -0.15) is 13.2 Å². The number of nitrogens with one attached hydrogen (secondary N) is 1. The van der Waals surface area contributed by atoms with Crippen LogP contribution in [0.25, 0.3) is 0 Å². The number of amides is 4. The molecule has 0 bridgehead atoms. The number of benzene rings is 1. The predicted octanol–water partition coefficient (Wildman–Crippen LogP) is 3.95. The van der Waals surface area contributed by atoms with E-state index in [2.05, 4.69) is 11.9 Å². The van der Waals surface area contributed by atoms with Crippen LogP contribution < -0.4 is 5.32 Å². The minimum absolute atomic E-state index is 0.0452. The molecule has 3 rings (SSSR count). The van der Waals surface area contributed by atoms with Gasteiger partial charge in [-0.15, -0.1) is 6.58 Å². The first-order valence-corrected chi connectivity index (χ1v) is 11.6. The van der Waals surface area contributed by atoms with Crippen molar-refractivity contribution in [1.29, 1.82) is 0 Å². The molecule has 1 N–H and O–H groups in total. The molecule has 2 aliphatic rings. The average molecular weight is 493 g/mol. The molecule has 4 amide bonds. The molecule has 0 radical (unpaired) electrons. The van der Waals surface area contributed by atoms with Crippen molar-refractivity contribution in [3.05, 3.63) is 59.3 Å². The summed E-state index contributed by atoms with van der Waals surface area (Å²) in [6.45, 7) is 9.77. The van der Waals surface area contributed by atoms with E-state index in [9.17, 15) is 27.6 Å². The molecular formula is C25H31F3N4O3. The van der Waals surface area contributed by atoms with Gasteiger partial charge >= 0.3 is 12.2 Å². The van der Waals surface area contributed by atoms with Crippen molar-refractivity contribution in [3.63, 3.8) is 0 Å². The Morgan fingerprint density at radius 2 is 1.94 bits per heavy atom. The molecule has 2 atom stereocenters. The van der Waals surface area contributed by atoms with Crippen molar-refractivity contribution in [2.24, 2.45) is 5.92 Å². The van der Waals surface area contributed by atoms with Crippen LogP contribution >= 0.6 is 0 Å². The Morgan fingerprint density at radius 3 is 2.51 bits per heavy atom. The smallest absolute Gasteiger partial charge is 0.344 e. The average Bonchev–Trinajstić information content (AvgIpc) is 3.14. The number of nitrogens with zero attached hydrogens (tertiary/aromatic N) is 3. The zero-order chi connectivity index (χ0) is 26.1. The third kappa shape index (κ3) is 5.06. The van der Waals surface area contributed by atoms with E-state index in [1.165, 1.54) is 39.0 Å². The molecule has 0 spiro atoms. The third-order valence-corrected chi connectivity index (χ3v) is 6.35. The maximum absolute atomic E-state index is 13.8. The van der Waals surface area contributed by atoms with E-state index in [-0.39, 0.29) is 36.1 Å². The number of hydrogen-bond donors (Lipinski definition) is 1. The fourth-order valence-electron chi connectivity index (χ4n) is 4.55. The summed E-state index contributed by atoms with van der Waals surface area (Å²) in [4.78, 5) is 44.2. The molecule has 0 aromatic heterocycles. The first-order chi connectivity index (χ1) is 16.4. The lowest BCUT2D eigenvalue weighted by atomic mass is 9.91. The molecule has 10 heteroatoms. The number of halogens is 3. The van der Waals surface area contributed by atoms with Gasteiger partial charge in [-0.1, -0.05) is 38.1 Å². The van der Waals surface area contributed by atoms with E-state index in [0.29, 0.717) is 18.7 Å². The Labute approximate surface area is 203 Å². The molecule has 35 heavy (non-hydrogen) atoms. The topological polar surface area (TPSA) is 73.0 Å². The minimum Gasteiger partial charge on any atom is -0.344 e. The standard InChI is InChI=1S/C25H31F3N4O3/c1-6-12-31-19-14-32(18(13-15(3)4)22(33)30(5)7-2)23(34)20(19)21(29-24(31)35)16-10-8-9-11-17(16)25(26,27)28/h6,8-11,15,18,21H,1,7,12-14H2,2-5H3,(H,29,35). The quantitative estimate of drug-likeness (QED) is 0.559. The Bertz CT molecular complexity index is 1050. The number of hydrogen-bond acceptors (Lipinski definition) is 3. The van der Waals surface area contributed by atoms with Crippen LogP contribution in [0.2, 0.25) is 0 Å². The van der Waals surface area contributed by atoms with Crippen LogP contribution in [-0.2, 0) is 15.8 Å². The lowest BCUT2D eigenvalue weighted by Gasteiger charge is -2.33. The van der Waals surface area contributed by atoms with Crippen LogP contribution in [-0.4, -0.2) is 65.3 Å². The van der Waals surface area contributed by atoms with Crippen LogP contribution in [0.4, 0.5) is 18.0 Å². The van der Waals surface area contributed by atoms with Gasteiger partial charge in [-0.05, 0) is 30.9 Å². The summed E-state index contributed by atoms with van der Waals surface area (Å²) in [6.07, 6.45) is -2.83. The number of carbonyl (C=O) groups excluding carboxylic acids is 3. The summed E-state index contributed by atoms with van der Waals surface area (Å²) in [7, 11) is 1.64. The molecule has 0 saturated heterocycles. The van der Waals surface area contributed by atoms with Gasteiger partial charge in [0.05, 0.1) is 29.4 Å². The summed E-state index contributed by atoms with van der Waals surface area (Å²) in [5.41, 5.74) is -0.807. The number of alkyl halides is 3. The highest BCUT2D eigenvalue weighted by Gasteiger charge is 2.49. The highest BCUT2D eigenvalue weighted by atomic mass is 19.4. The van der Waals surface area contributed by atoms with Crippen LogP contribution in [0.5, 0.6) is 0 Å². The third-order valence-electron chi connectivity index (χ3n) is 6.35. The Morgan fingerprint density at radius 1 is 1.29 bits per heavy atom. The van der Waals surface area contributed by atoms with Crippen molar-refractivity contribution in [2.75, 3.05) is 26.7 Å². The number of carbonyl (C=O) groups is 3. The largest absolute Gasteiger partial charge is 0.416 e. The van der Waals surface area contributed by atoms with Gasteiger partial charge < -0.3 is 15.1 Å². The van der Waals surface area contributed by atoms with Gasteiger partial charge in [-0.3, -0.25) is 14.5 Å². The fourth-order valence-corrected chi connectivity index (χ4v) is 4.55. The van der Waals surface area contributed by atoms with E-state index in [4.69, 9.17) is 0 Å². The lowest BCUT2D eigenvalue weighted by molar-refractivity contribution is -0.142. The maximum atomic E-state index is 13.8. The SMILES string of the molecule is C=CCN1C(=O)NC(c2ccccc2C(F)(F)F)C2=C1CN(C(CC(C)C)C(=O)N(C)CC)C2=O. The van der Waals surface area contributed by atoms with Crippen molar-refractivity contribution < 1.29 is 27.6 Å². The van der Waals surface area contributed by atoms with Gasteiger partial charge in [0.1, 0.15) is 6.04 Å². The summed E-state index contributed by atoms with van der Waals surface area (Å²) in [5, 5.41) is 2.58. The summed E-state index contributed by atoms with van der Waals surface area (Å²) >= 11 is 0. The van der Waals surface area contributed by atoms with Gasteiger partial charge in [0.25, 0.3) is 5.91 Å². The summed E-state index contributed by atoms with van der Waals surface area (Å²) in [5.74, 6) is -0.735. The van der Waals surface area contributed by atoms with Crippen molar-refractivity contribution >= 4 is 17.8 Å². The second-order valence-electron chi connectivity index (χ2n) is 9.16. The molecule has 1 aromatic carbocycles. The number of urea groups is 1. The summed E-state index contributed by atoms with van der Waals surface area (Å²) < 4.78 is 41.5. The van der Waals surface area contributed by atoms with E-state index in [1.54, 1.807) is 7.05 Å². The zero-order valence-electron chi connectivity index (χ0n) is 20.4. The maximum Gasteiger partial charge on any atom is 0.416 e. The normalized spacial score (nSPS) is 19.1. The number of rotatable bonds is 8. The van der Waals surface area contributed by atoms with Crippen molar-refractivity contribution in [2.45, 2.75) is 45.5 Å². The van der Waals surface area contributed by atoms with Crippen LogP contribution in [0, 0.1) is 5.92 Å². The molecule has 1 aromatic rings. The van der Waals surface area contributed by atoms with Gasteiger partial charge in [0.15, 0.2) is 0 Å². The lowest BCUT2D eigenvalue weighted by Crippen LogP contribution is -2.49. The Hall–Kier alpha value is -3.30. The van der Waals surface area contributed by atoms with Gasteiger partial charge in [-0.25, -0.2) is 4.79 Å². The second kappa shape index (κ2) is 10.1. The second-order valence-corrected chi connectivity index (χ2v) is 9.16. The van der Waals surface area contributed by atoms with E-state index < -0.39 is 35.8 Å². The monoisotopic (exact) mass is 492 g/mol. The highest BCUT2D eigenvalue weighted by molar-refractivity contribution is 6.03. The first-order valence-electron chi connectivity index (χ1n) is 11.6. The molecule has 2 heterocycles. The van der Waals surface area contributed by atoms with Crippen molar-refractivity contribution in [3.8, 4) is 0 Å². The van der Waals surface area contributed by atoms with Gasteiger partial charge in [0, 0.05) is 20.1 Å². The minimum atomic E-state index is -4.68. The first kappa shape index (κ1) is 26.3. The van der Waals surface area contributed by atoms with Crippen LogP contribution in [0.1, 0.15) is 44.4 Å². The van der Waals surface area contributed by atoms with Crippen LogP contribution in [0.15, 0.2) is 48.2 Å². The Kier molecular flexibility index (Phi) is 7.62. The molecule has 2 unspecified atom stereocenters. The molecule has 0 saturated carbocycles. The molecule has 0 fully saturated rings.